The number of rotatable bonds is 7. The minimum Gasteiger partial charge on any atom is -0.497 e. The number of benzene rings is 1. The van der Waals surface area contributed by atoms with Crippen molar-refractivity contribution >= 4 is 17.6 Å². The van der Waals surface area contributed by atoms with Crippen molar-refractivity contribution in [3.8, 4) is 5.75 Å². The highest BCUT2D eigenvalue weighted by molar-refractivity contribution is 5.89. The van der Waals surface area contributed by atoms with Crippen molar-refractivity contribution < 1.29 is 23.8 Å². The van der Waals surface area contributed by atoms with E-state index in [4.69, 9.17) is 19.9 Å². The van der Waals surface area contributed by atoms with Crippen molar-refractivity contribution in [2.75, 3.05) is 19.0 Å². The molecule has 7 nitrogen and oxygen atoms in total. The SMILES string of the molecule is CCOC(=O)[C@@H](N)[C@H](Nc1ccc(OC)cc1)C(=O)OC(C)(C)C. The lowest BCUT2D eigenvalue weighted by Gasteiger charge is -2.27. The van der Waals surface area contributed by atoms with Crippen molar-refractivity contribution in [2.24, 2.45) is 5.73 Å². The number of hydrogen-bond donors (Lipinski definition) is 2. The van der Waals surface area contributed by atoms with Gasteiger partial charge in [0.1, 0.15) is 17.4 Å². The second-order valence-corrected chi connectivity index (χ2v) is 6.16. The Morgan fingerprint density at radius 2 is 1.75 bits per heavy atom. The van der Waals surface area contributed by atoms with E-state index in [1.807, 2.05) is 0 Å². The summed E-state index contributed by atoms with van der Waals surface area (Å²) in [5, 5.41) is 2.94. The van der Waals surface area contributed by atoms with Crippen LogP contribution in [-0.2, 0) is 19.1 Å². The fourth-order valence-electron chi connectivity index (χ4n) is 1.90. The molecule has 134 valence electrons. The standard InChI is InChI=1S/C17H26N2O5/c1-6-23-15(20)13(18)14(16(21)24-17(2,3)4)19-11-7-9-12(22-5)10-8-11/h7-10,13-14,19H,6,18H2,1-5H3/t13-,14-/m0/s1. The summed E-state index contributed by atoms with van der Waals surface area (Å²) in [5.41, 5.74) is 5.81. The third kappa shape index (κ3) is 6.08. The van der Waals surface area contributed by atoms with Crippen LogP contribution in [0.2, 0.25) is 0 Å². The number of carbonyl (C=O) groups is 2. The first kappa shape index (κ1) is 19.8. The molecule has 0 radical (unpaired) electrons. The van der Waals surface area contributed by atoms with E-state index in [2.05, 4.69) is 5.32 Å². The fourth-order valence-corrected chi connectivity index (χ4v) is 1.90. The molecule has 3 N–H and O–H groups in total. The Morgan fingerprint density at radius 3 is 2.21 bits per heavy atom. The maximum absolute atomic E-state index is 12.4. The molecule has 0 aliphatic heterocycles. The van der Waals surface area contributed by atoms with Crippen LogP contribution in [0, 0.1) is 0 Å². The largest absolute Gasteiger partial charge is 0.497 e. The van der Waals surface area contributed by atoms with E-state index in [9.17, 15) is 9.59 Å². The van der Waals surface area contributed by atoms with Gasteiger partial charge < -0.3 is 25.3 Å². The molecular weight excluding hydrogens is 312 g/mol. The van der Waals surface area contributed by atoms with Gasteiger partial charge in [-0.15, -0.1) is 0 Å². The summed E-state index contributed by atoms with van der Waals surface area (Å²) in [6, 6.07) is 4.62. The number of methoxy groups -OCH3 is 1. The zero-order valence-electron chi connectivity index (χ0n) is 14.8. The van der Waals surface area contributed by atoms with Crippen LogP contribution >= 0.6 is 0 Å². The van der Waals surface area contributed by atoms with Crippen molar-refractivity contribution in [1.82, 2.24) is 0 Å². The second-order valence-electron chi connectivity index (χ2n) is 6.16. The molecule has 1 rings (SSSR count). The fraction of sp³-hybridized carbons (Fsp3) is 0.529. The topological polar surface area (TPSA) is 99.9 Å². The number of ether oxygens (including phenoxy) is 3. The quantitative estimate of drug-likeness (QED) is 0.730. The summed E-state index contributed by atoms with van der Waals surface area (Å²) in [6.07, 6.45) is 0. The van der Waals surface area contributed by atoms with E-state index in [0.717, 1.165) is 0 Å². The lowest BCUT2D eigenvalue weighted by atomic mass is 10.1. The van der Waals surface area contributed by atoms with E-state index in [1.54, 1.807) is 59.1 Å². The Morgan fingerprint density at radius 1 is 1.17 bits per heavy atom. The number of anilines is 1. The van der Waals surface area contributed by atoms with E-state index >= 15 is 0 Å². The smallest absolute Gasteiger partial charge is 0.331 e. The van der Waals surface area contributed by atoms with Crippen LogP contribution in [-0.4, -0.2) is 43.3 Å². The highest BCUT2D eigenvalue weighted by atomic mass is 16.6. The van der Waals surface area contributed by atoms with Gasteiger partial charge in [-0.3, -0.25) is 4.79 Å². The van der Waals surface area contributed by atoms with Gasteiger partial charge in [-0.2, -0.15) is 0 Å². The molecule has 0 spiro atoms. The normalized spacial score (nSPS) is 13.6. The van der Waals surface area contributed by atoms with Crippen molar-refractivity contribution in [1.29, 1.82) is 0 Å². The minimum atomic E-state index is -1.19. The third-order valence-electron chi connectivity index (χ3n) is 2.99. The Bertz CT molecular complexity index is 551. The average Bonchev–Trinajstić information content (AvgIpc) is 2.51. The first-order valence-electron chi connectivity index (χ1n) is 7.73. The zero-order chi connectivity index (χ0) is 18.3. The molecule has 0 heterocycles. The molecule has 0 unspecified atom stereocenters. The molecule has 2 atom stereocenters. The number of carbonyl (C=O) groups excluding carboxylic acids is 2. The van der Waals surface area contributed by atoms with Crippen LogP contribution in [0.4, 0.5) is 5.69 Å². The van der Waals surface area contributed by atoms with Gasteiger partial charge in [-0.1, -0.05) is 0 Å². The first-order valence-corrected chi connectivity index (χ1v) is 7.73. The van der Waals surface area contributed by atoms with Crippen molar-refractivity contribution in [2.45, 2.75) is 45.4 Å². The van der Waals surface area contributed by atoms with Crippen LogP contribution in [0.25, 0.3) is 0 Å². The lowest BCUT2D eigenvalue weighted by molar-refractivity contribution is -0.160. The maximum Gasteiger partial charge on any atom is 0.331 e. The molecule has 7 heteroatoms. The van der Waals surface area contributed by atoms with Crippen LogP contribution in [0.5, 0.6) is 5.75 Å². The molecule has 0 bridgehead atoms. The predicted octanol–water partition coefficient (Wildman–Crippen LogP) is 1.71. The van der Waals surface area contributed by atoms with Crippen LogP contribution in [0.3, 0.4) is 0 Å². The van der Waals surface area contributed by atoms with Crippen LogP contribution in [0.15, 0.2) is 24.3 Å². The van der Waals surface area contributed by atoms with Crippen LogP contribution < -0.4 is 15.8 Å². The number of esters is 2. The van der Waals surface area contributed by atoms with Crippen LogP contribution in [0.1, 0.15) is 27.7 Å². The van der Waals surface area contributed by atoms with Gasteiger partial charge in [0.15, 0.2) is 6.04 Å². The molecule has 0 saturated carbocycles. The molecule has 0 aliphatic rings. The first-order chi connectivity index (χ1) is 11.2. The molecule has 0 aromatic heterocycles. The number of nitrogens with one attached hydrogen (secondary N) is 1. The maximum atomic E-state index is 12.4. The second kappa shape index (κ2) is 8.54. The Balaban J connectivity index is 2.98. The molecule has 0 amide bonds. The summed E-state index contributed by atoms with van der Waals surface area (Å²) in [5.74, 6) is -0.627. The highest BCUT2D eigenvalue weighted by Gasteiger charge is 2.35. The Hall–Kier alpha value is -2.28. The average molecular weight is 338 g/mol. The molecule has 1 aromatic rings. The van der Waals surface area contributed by atoms with Gasteiger partial charge in [-0.25, -0.2) is 4.79 Å². The summed E-state index contributed by atoms with van der Waals surface area (Å²) in [6.45, 7) is 7.07. The number of nitrogens with two attached hydrogens (primary N) is 1. The molecule has 1 aromatic carbocycles. The van der Waals surface area contributed by atoms with E-state index in [0.29, 0.717) is 11.4 Å². The number of hydrogen-bond acceptors (Lipinski definition) is 7. The van der Waals surface area contributed by atoms with Gasteiger partial charge in [0.05, 0.1) is 13.7 Å². The molecular formula is C17H26N2O5. The molecule has 24 heavy (non-hydrogen) atoms. The predicted molar refractivity (Wildman–Crippen MR) is 90.9 cm³/mol. The zero-order valence-corrected chi connectivity index (χ0v) is 14.8. The summed E-state index contributed by atoms with van der Waals surface area (Å²) < 4.78 is 15.3. The van der Waals surface area contributed by atoms with Crippen molar-refractivity contribution in [3.63, 3.8) is 0 Å². The summed E-state index contributed by atoms with van der Waals surface area (Å²) in [4.78, 5) is 24.4. The Labute approximate surface area is 142 Å². The van der Waals surface area contributed by atoms with Gasteiger partial charge in [0.2, 0.25) is 0 Å². The third-order valence-corrected chi connectivity index (χ3v) is 2.99. The van der Waals surface area contributed by atoms with Gasteiger partial charge in [0, 0.05) is 5.69 Å². The summed E-state index contributed by atoms with van der Waals surface area (Å²) in [7, 11) is 1.56. The molecule has 0 fully saturated rings. The van der Waals surface area contributed by atoms with E-state index in [-0.39, 0.29) is 6.61 Å². The summed E-state index contributed by atoms with van der Waals surface area (Å²) >= 11 is 0. The van der Waals surface area contributed by atoms with Gasteiger partial charge in [0.25, 0.3) is 0 Å². The monoisotopic (exact) mass is 338 g/mol. The van der Waals surface area contributed by atoms with Gasteiger partial charge >= 0.3 is 11.9 Å². The molecule has 0 saturated heterocycles. The van der Waals surface area contributed by atoms with Crippen molar-refractivity contribution in [3.05, 3.63) is 24.3 Å². The van der Waals surface area contributed by atoms with E-state index in [1.165, 1.54) is 0 Å². The Kier molecular flexibility index (Phi) is 7.03. The molecule has 0 aliphatic carbocycles. The van der Waals surface area contributed by atoms with Gasteiger partial charge in [-0.05, 0) is 52.0 Å². The highest BCUT2D eigenvalue weighted by Crippen LogP contribution is 2.18. The lowest BCUT2D eigenvalue weighted by Crippen LogP contribution is -2.53. The minimum absolute atomic E-state index is 0.177. The van der Waals surface area contributed by atoms with E-state index < -0.39 is 29.6 Å².